The number of carbonyl (C=O) groups is 3. The zero-order valence-electron chi connectivity index (χ0n) is 22.7. The van der Waals surface area contributed by atoms with E-state index in [4.69, 9.17) is 14.2 Å². The van der Waals surface area contributed by atoms with Crippen molar-refractivity contribution in [1.29, 1.82) is 0 Å². The van der Waals surface area contributed by atoms with Crippen LogP contribution in [0.4, 0.5) is 0 Å². The van der Waals surface area contributed by atoms with Gasteiger partial charge in [0.2, 0.25) is 5.91 Å². The van der Waals surface area contributed by atoms with E-state index in [0.29, 0.717) is 30.9 Å². The second kappa shape index (κ2) is 11.8. The smallest absolute Gasteiger partial charge is 0.252 e. The van der Waals surface area contributed by atoms with Crippen molar-refractivity contribution < 1.29 is 28.6 Å². The van der Waals surface area contributed by atoms with Crippen molar-refractivity contribution >= 4 is 17.6 Å². The lowest BCUT2D eigenvalue weighted by Gasteiger charge is -2.40. The van der Waals surface area contributed by atoms with Crippen LogP contribution in [-0.2, 0) is 23.8 Å². The molecule has 0 spiro atoms. The highest BCUT2D eigenvalue weighted by molar-refractivity contribution is 6.01. The first-order chi connectivity index (χ1) is 18.5. The van der Waals surface area contributed by atoms with Gasteiger partial charge < -0.3 is 29.3 Å². The molecule has 4 aliphatic rings. The Morgan fingerprint density at radius 1 is 1.08 bits per heavy atom. The molecule has 9 heteroatoms. The summed E-state index contributed by atoms with van der Waals surface area (Å²) >= 11 is 0. The number of hydrogen-bond acceptors (Lipinski definition) is 7. The Morgan fingerprint density at radius 3 is 2.45 bits per heavy atom. The molecule has 3 atom stereocenters. The maximum atomic E-state index is 14.0. The zero-order valence-corrected chi connectivity index (χ0v) is 22.7. The summed E-state index contributed by atoms with van der Waals surface area (Å²) in [6, 6.07) is 7.24. The van der Waals surface area contributed by atoms with Crippen LogP contribution in [0.3, 0.4) is 0 Å². The van der Waals surface area contributed by atoms with Crippen LogP contribution in [0.1, 0.15) is 66.8 Å². The van der Waals surface area contributed by atoms with Gasteiger partial charge in [-0.05, 0) is 62.4 Å². The predicted octanol–water partition coefficient (Wildman–Crippen LogP) is 2.14. The molecule has 3 aliphatic heterocycles. The van der Waals surface area contributed by atoms with Crippen LogP contribution >= 0.6 is 0 Å². The van der Waals surface area contributed by atoms with E-state index in [-0.39, 0.29) is 30.3 Å². The van der Waals surface area contributed by atoms with E-state index in [2.05, 4.69) is 22.3 Å². The number of piperidine rings is 1. The van der Waals surface area contributed by atoms with Crippen molar-refractivity contribution in [3.63, 3.8) is 0 Å². The van der Waals surface area contributed by atoms with Crippen molar-refractivity contribution in [3.05, 3.63) is 35.4 Å². The molecule has 38 heavy (non-hydrogen) atoms. The fourth-order valence-electron chi connectivity index (χ4n) is 6.76. The Kier molecular flexibility index (Phi) is 8.47. The zero-order chi connectivity index (χ0) is 26.7. The quantitative estimate of drug-likeness (QED) is 0.553. The van der Waals surface area contributed by atoms with Gasteiger partial charge in [-0.15, -0.1) is 0 Å². The first-order valence-corrected chi connectivity index (χ1v) is 14.1. The first kappa shape index (κ1) is 27.2. The van der Waals surface area contributed by atoms with Crippen LogP contribution < -0.4 is 5.32 Å². The Bertz CT molecular complexity index is 1000. The second-order valence-electron chi connectivity index (χ2n) is 11.2. The minimum atomic E-state index is -1.01. The average Bonchev–Trinajstić information content (AvgIpc) is 3.52. The van der Waals surface area contributed by atoms with Crippen LogP contribution in [-0.4, -0.2) is 105 Å². The number of benzene rings is 1. The first-order valence-electron chi connectivity index (χ1n) is 14.1. The average molecular weight is 528 g/mol. The Hall–Kier alpha value is -2.33. The molecule has 1 saturated carbocycles. The molecule has 9 nitrogen and oxygen atoms in total. The third-order valence-corrected chi connectivity index (χ3v) is 9.01. The number of fused-ring (bicyclic) bond motifs is 1. The van der Waals surface area contributed by atoms with Gasteiger partial charge in [-0.2, -0.15) is 0 Å². The number of hydrogen-bond donors (Lipinski definition) is 1. The number of ether oxygens (including phenoxy) is 3. The van der Waals surface area contributed by atoms with E-state index >= 15 is 0 Å². The number of methoxy groups -OCH3 is 2. The number of nitrogens with one attached hydrogen (secondary N) is 1. The van der Waals surface area contributed by atoms with E-state index in [9.17, 15) is 14.4 Å². The minimum absolute atomic E-state index is 0.00311. The number of Topliss-reactive ketones (excluding diaryl/α,β-unsaturated/α-hetero) is 1. The molecule has 4 fully saturated rings. The Morgan fingerprint density at radius 2 is 1.79 bits per heavy atom. The summed E-state index contributed by atoms with van der Waals surface area (Å²) in [5.74, 6) is -0.0366. The molecule has 1 aromatic rings. The molecule has 0 unspecified atom stereocenters. The Labute approximate surface area is 225 Å². The van der Waals surface area contributed by atoms with Gasteiger partial charge in [0.1, 0.15) is 30.4 Å². The van der Waals surface area contributed by atoms with Gasteiger partial charge in [0, 0.05) is 26.3 Å². The highest BCUT2D eigenvalue weighted by Crippen LogP contribution is 2.36. The van der Waals surface area contributed by atoms with E-state index in [1.807, 2.05) is 12.1 Å². The fraction of sp³-hybridized carbons (Fsp3) is 0.690. The van der Waals surface area contributed by atoms with Crippen LogP contribution in [0.5, 0.6) is 0 Å². The van der Waals surface area contributed by atoms with Crippen molar-refractivity contribution in [2.75, 3.05) is 53.6 Å². The number of carbonyl (C=O) groups excluding carboxylic acids is 3. The molecule has 0 radical (unpaired) electrons. The third kappa shape index (κ3) is 5.39. The van der Waals surface area contributed by atoms with Gasteiger partial charge in [0.25, 0.3) is 5.91 Å². The van der Waals surface area contributed by atoms with Crippen LogP contribution in [0.15, 0.2) is 24.3 Å². The summed E-state index contributed by atoms with van der Waals surface area (Å²) in [7, 11) is 3.31. The number of amides is 2. The van der Waals surface area contributed by atoms with Crippen molar-refractivity contribution in [2.45, 2.75) is 74.7 Å². The highest BCUT2D eigenvalue weighted by Gasteiger charge is 2.56. The fourth-order valence-corrected chi connectivity index (χ4v) is 6.76. The van der Waals surface area contributed by atoms with Gasteiger partial charge in [-0.1, -0.05) is 31.4 Å². The number of rotatable bonds is 8. The lowest BCUT2D eigenvalue weighted by atomic mass is 9.80. The predicted molar refractivity (Wildman–Crippen MR) is 141 cm³/mol. The van der Waals surface area contributed by atoms with E-state index in [1.54, 1.807) is 19.1 Å². The molecule has 3 saturated heterocycles. The second-order valence-corrected chi connectivity index (χ2v) is 11.2. The van der Waals surface area contributed by atoms with Crippen LogP contribution in [0, 0.1) is 0 Å². The number of likely N-dealkylation sites (tertiary alicyclic amines) is 2. The van der Waals surface area contributed by atoms with Gasteiger partial charge in [0.05, 0.1) is 13.2 Å². The summed E-state index contributed by atoms with van der Waals surface area (Å²) in [4.78, 5) is 44.2. The van der Waals surface area contributed by atoms with Crippen molar-refractivity contribution in [2.24, 2.45) is 0 Å². The molecule has 1 N–H and O–H groups in total. The lowest BCUT2D eigenvalue weighted by molar-refractivity contribution is -0.143. The SMILES string of the molecule is COCCN1CCC(c2ccc(C(=O)NC3(C(=O)N4C[C@@H](OC)[C@H]5OCC(=O)[C@H]54)CCCCC3)cc2)CC1. The maximum Gasteiger partial charge on any atom is 0.252 e. The molecule has 2 amide bonds. The van der Waals surface area contributed by atoms with Gasteiger partial charge in [-0.25, -0.2) is 0 Å². The molecule has 208 valence electrons. The highest BCUT2D eigenvalue weighted by atomic mass is 16.5. The van der Waals surface area contributed by atoms with E-state index in [0.717, 1.165) is 58.3 Å². The van der Waals surface area contributed by atoms with E-state index < -0.39 is 17.7 Å². The summed E-state index contributed by atoms with van der Waals surface area (Å²) in [5.41, 5.74) is 0.794. The van der Waals surface area contributed by atoms with Crippen LogP contribution in [0.25, 0.3) is 0 Å². The largest absolute Gasteiger partial charge is 0.383 e. The summed E-state index contributed by atoms with van der Waals surface area (Å²) < 4.78 is 16.4. The molecule has 0 bridgehead atoms. The molecule has 5 rings (SSSR count). The number of ketones is 1. The Balaban J connectivity index is 1.26. The summed E-state index contributed by atoms with van der Waals surface area (Å²) in [5, 5.41) is 3.14. The standard InChI is InChI=1S/C29H41N3O6/c1-36-17-16-31-14-10-21(11-15-31)20-6-8-22(9-7-20)27(34)30-29(12-4-3-5-13-29)28(35)32-18-24(37-2)26-25(32)23(33)19-38-26/h6-9,21,24-26H,3-5,10-19H2,1-2H3,(H,30,34)/t24-,25-,26-/m1/s1. The van der Waals surface area contributed by atoms with Gasteiger partial charge in [-0.3, -0.25) is 14.4 Å². The molecule has 1 aromatic carbocycles. The summed E-state index contributed by atoms with van der Waals surface area (Å²) in [6.07, 6.45) is 5.28. The van der Waals surface area contributed by atoms with Gasteiger partial charge in [0.15, 0.2) is 5.78 Å². The monoisotopic (exact) mass is 527 g/mol. The topological polar surface area (TPSA) is 97.4 Å². The third-order valence-electron chi connectivity index (χ3n) is 9.01. The molecule has 1 aliphatic carbocycles. The minimum Gasteiger partial charge on any atom is -0.383 e. The summed E-state index contributed by atoms with van der Waals surface area (Å²) in [6.45, 7) is 4.13. The molecule has 0 aromatic heterocycles. The van der Waals surface area contributed by atoms with Crippen molar-refractivity contribution in [1.82, 2.24) is 15.1 Å². The molecular formula is C29H41N3O6. The van der Waals surface area contributed by atoms with Crippen molar-refractivity contribution in [3.8, 4) is 0 Å². The normalized spacial score (nSPS) is 27.9. The molecule has 3 heterocycles. The number of nitrogens with zero attached hydrogens (tertiary/aromatic N) is 2. The lowest BCUT2D eigenvalue weighted by Crippen LogP contribution is -2.62. The maximum absolute atomic E-state index is 14.0. The molecular weight excluding hydrogens is 486 g/mol. The van der Waals surface area contributed by atoms with Gasteiger partial charge >= 0.3 is 0 Å². The van der Waals surface area contributed by atoms with E-state index in [1.165, 1.54) is 5.56 Å². The van der Waals surface area contributed by atoms with Crippen LogP contribution in [0.2, 0.25) is 0 Å².